The second-order valence-electron chi connectivity index (χ2n) is 11.2. The van der Waals surface area contributed by atoms with E-state index in [1.807, 2.05) is 64.9 Å². The lowest BCUT2D eigenvalue weighted by atomic mass is 9.86. The van der Waals surface area contributed by atoms with Gasteiger partial charge in [-0.3, -0.25) is 14.2 Å². The summed E-state index contributed by atoms with van der Waals surface area (Å²) in [7, 11) is 0. The van der Waals surface area contributed by atoms with Gasteiger partial charge in [0.25, 0.3) is 5.56 Å². The summed E-state index contributed by atoms with van der Waals surface area (Å²) in [5.41, 5.74) is 5.82. The zero-order chi connectivity index (χ0) is 26.9. The molecule has 5 rings (SSSR count). The Hall–Kier alpha value is -3.99. The molecule has 0 N–H and O–H groups in total. The van der Waals surface area contributed by atoms with Crippen molar-refractivity contribution in [2.24, 2.45) is 0 Å². The maximum Gasteiger partial charge on any atom is 0.257 e. The number of benzene rings is 3. The van der Waals surface area contributed by atoms with Gasteiger partial charge in [0.15, 0.2) is 0 Å². The molecule has 5 nitrogen and oxygen atoms in total. The van der Waals surface area contributed by atoms with E-state index in [4.69, 9.17) is 4.98 Å². The number of hydrogen-bond donors (Lipinski definition) is 0. The molecule has 0 saturated heterocycles. The highest BCUT2D eigenvalue weighted by atomic mass is 16.2. The predicted octanol–water partition coefficient (Wildman–Crippen LogP) is 5.61. The summed E-state index contributed by atoms with van der Waals surface area (Å²) in [5.74, 6) is 0.716. The molecule has 0 radical (unpaired) electrons. The number of rotatable bonds is 5. The molecule has 3 aromatic carbocycles. The maximum atomic E-state index is 13.9. The van der Waals surface area contributed by atoms with Crippen LogP contribution in [0.15, 0.2) is 89.7 Å². The fourth-order valence-electron chi connectivity index (χ4n) is 5.31. The van der Waals surface area contributed by atoms with Crippen LogP contribution in [0, 0.1) is 6.92 Å². The highest BCUT2D eigenvalue weighted by Crippen LogP contribution is 2.28. The molecule has 0 unspecified atom stereocenters. The van der Waals surface area contributed by atoms with E-state index in [-0.39, 0.29) is 22.9 Å². The molecule has 1 aliphatic heterocycles. The average Bonchev–Trinajstić information content (AvgIpc) is 2.91. The average molecular weight is 506 g/mol. The molecule has 38 heavy (non-hydrogen) atoms. The third kappa shape index (κ3) is 5.19. The second kappa shape index (κ2) is 10.4. The van der Waals surface area contributed by atoms with E-state index >= 15 is 0 Å². The molecule has 0 spiro atoms. The van der Waals surface area contributed by atoms with Crippen molar-refractivity contribution in [3.8, 4) is 0 Å². The lowest BCUT2D eigenvalue weighted by molar-refractivity contribution is -0.131. The van der Waals surface area contributed by atoms with Gasteiger partial charge in [-0.1, -0.05) is 106 Å². The van der Waals surface area contributed by atoms with Crippen LogP contribution in [0.25, 0.3) is 0 Å². The highest BCUT2D eigenvalue weighted by molar-refractivity contribution is 5.79. The summed E-state index contributed by atoms with van der Waals surface area (Å²) >= 11 is 0. The van der Waals surface area contributed by atoms with Crippen LogP contribution in [0.4, 0.5) is 0 Å². The normalized spacial score (nSPS) is 13.4. The smallest absolute Gasteiger partial charge is 0.257 e. The van der Waals surface area contributed by atoms with Gasteiger partial charge in [0.05, 0.1) is 24.7 Å². The largest absolute Gasteiger partial charge is 0.336 e. The number of amides is 1. The molecule has 4 aromatic rings. The second-order valence-corrected chi connectivity index (χ2v) is 11.2. The van der Waals surface area contributed by atoms with Crippen molar-refractivity contribution in [3.05, 3.63) is 135 Å². The molecular formula is C33H35N3O2. The highest BCUT2D eigenvalue weighted by Gasteiger charge is 2.28. The van der Waals surface area contributed by atoms with Crippen molar-refractivity contribution in [1.82, 2.24) is 14.5 Å². The first kappa shape index (κ1) is 25.7. The van der Waals surface area contributed by atoms with E-state index in [2.05, 4.69) is 57.2 Å². The van der Waals surface area contributed by atoms with Crippen molar-refractivity contribution in [2.45, 2.75) is 58.5 Å². The molecule has 5 heteroatoms. The number of carbonyl (C=O) groups is 1. The van der Waals surface area contributed by atoms with Crippen LogP contribution in [0.5, 0.6) is 0 Å². The molecule has 0 fully saturated rings. The molecule has 0 aliphatic carbocycles. The SMILES string of the molecule is Cc1nc2c(c(=O)n1C(c1ccccc1)c1ccccc1)CCN(C(=O)Cc1ccc(C(C)(C)C)cc1)C2. The lowest BCUT2D eigenvalue weighted by Crippen LogP contribution is -2.42. The fraction of sp³-hybridized carbons (Fsp3) is 0.303. The van der Waals surface area contributed by atoms with Crippen LogP contribution in [0.2, 0.25) is 0 Å². The third-order valence-electron chi connectivity index (χ3n) is 7.46. The molecular weight excluding hydrogens is 470 g/mol. The van der Waals surface area contributed by atoms with Crippen LogP contribution in [-0.4, -0.2) is 26.9 Å². The fourth-order valence-corrected chi connectivity index (χ4v) is 5.31. The number of nitrogens with zero attached hydrogens (tertiary/aromatic N) is 3. The van der Waals surface area contributed by atoms with Gasteiger partial charge >= 0.3 is 0 Å². The monoisotopic (exact) mass is 505 g/mol. The topological polar surface area (TPSA) is 55.2 Å². The zero-order valence-electron chi connectivity index (χ0n) is 22.6. The summed E-state index contributed by atoms with van der Waals surface area (Å²) in [6, 6.07) is 28.2. The van der Waals surface area contributed by atoms with Gasteiger partial charge in [-0.25, -0.2) is 4.98 Å². The molecule has 1 aromatic heterocycles. The van der Waals surface area contributed by atoms with Gasteiger partial charge in [0.1, 0.15) is 5.82 Å². The summed E-state index contributed by atoms with van der Waals surface area (Å²) < 4.78 is 1.82. The van der Waals surface area contributed by atoms with Gasteiger partial charge in [-0.2, -0.15) is 0 Å². The van der Waals surface area contributed by atoms with E-state index in [0.29, 0.717) is 43.0 Å². The first-order valence-corrected chi connectivity index (χ1v) is 13.3. The first-order valence-electron chi connectivity index (χ1n) is 13.3. The standard InChI is InChI=1S/C33H35N3O2/c1-23-34-29-22-35(30(37)21-24-15-17-27(18-16-24)33(2,3)4)20-19-28(29)32(38)36(23)31(25-11-7-5-8-12-25)26-13-9-6-10-14-26/h5-18,31H,19-22H2,1-4H3. The Kier molecular flexibility index (Phi) is 7.02. The molecule has 1 aliphatic rings. The van der Waals surface area contributed by atoms with Crippen molar-refractivity contribution in [2.75, 3.05) is 6.54 Å². The number of hydrogen-bond acceptors (Lipinski definition) is 3. The van der Waals surface area contributed by atoms with Gasteiger partial charge < -0.3 is 4.90 Å². The molecule has 1 amide bonds. The molecule has 0 saturated carbocycles. The maximum absolute atomic E-state index is 13.9. The van der Waals surface area contributed by atoms with Gasteiger partial charge in [-0.15, -0.1) is 0 Å². The van der Waals surface area contributed by atoms with Crippen LogP contribution >= 0.6 is 0 Å². The minimum absolute atomic E-state index is 0.0184. The molecule has 0 atom stereocenters. The Morgan fingerprint density at radius 3 is 2.03 bits per heavy atom. The van der Waals surface area contributed by atoms with Crippen LogP contribution < -0.4 is 5.56 Å². The van der Waals surface area contributed by atoms with E-state index in [9.17, 15) is 9.59 Å². The van der Waals surface area contributed by atoms with E-state index in [1.54, 1.807) is 0 Å². The summed E-state index contributed by atoms with van der Waals surface area (Å²) in [4.78, 5) is 33.8. The van der Waals surface area contributed by atoms with Gasteiger partial charge in [0, 0.05) is 12.1 Å². The van der Waals surface area contributed by atoms with Crippen molar-refractivity contribution < 1.29 is 4.79 Å². The quantitative estimate of drug-likeness (QED) is 0.354. The number of fused-ring (bicyclic) bond motifs is 1. The summed E-state index contributed by atoms with van der Waals surface area (Å²) in [5, 5.41) is 0. The van der Waals surface area contributed by atoms with E-state index in [1.165, 1.54) is 5.56 Å². The molecule has 2 heterocycles. The minimum Gasteiger partial charge on any atom is -0.336 e. The molecule has 0 bridgehead atoms. The summed E-state index contributed by atoms with van der Waals surface area (Å²) in [6.07, 6.45) is 0.854. The third-order valence-corrected chi connectivity index (χ3v) is 7.46. The number of aryl methyl sites for hydroxylation is 1. The number of aromatic nitrogens is 2. The van der Waals surface area contributed by atoms with Crippen molar-refractivity contribution >= 4 is 5.91 Å². The Morgan fingerprint density at radius 1 is 0.895 bits per heavy atom. The lowest BCUT2D eigenvalue weighted by Gasteiger charge is -2.30. The van der Waals surface area contributed by atoms with Crippen LogP contribution in [0.3, 0.4) is 0 Å². The Morgan fingerprint density at radius 2 is 1.47 bits per heavy atom. The zero-order valence-corrected chi connectivity index (χ0v) is 22.6. The van der Waals surface area contributed by atoms with E-state index < -0.39 is 0 Å². The predicted molar refractivity (Wildman–Crippen MR) is 151 cm³/mol. The minimum atomic E-state index is -0.265. The molecule has 194 valence electrons. The van der Waals surface area contributed by atoms with E-state index in [0.717, 1.165) is 16.7 Å². The van der Waals surface area contributed by atoms with Gasteiger partial charge in [-0.05, 0) is 41.0 Å². The van der Waals surface area contributed by atoms with Crippen LogP contribution in [0.1, 0.15) is 66.1 Å². The first-order chi connectivity index (χ1) is 18.2. The Balaban J connectivity index is 1.42. The summed E-state index contributed by atoms with van der Waals surface area (Å²) in [6.45, 7) is 9.33. The van der Waals surface area contributed by atoms with Gasteiger partial charge in [0.2, 0.25) is 5.91 Å². The van der Waals surface area contributed by atoms with Crippen molar-refractivity contribution in [1.29, 1.82) is 0 Å². The Labute approximate surface area is 224 Å². The Bertz CT molecular complexity index is 1440. The van der Waals surface area contributed by atoms with Crippen LogP contribution in [-0.2, 0) is 29.6 Å². The number of carbonyl (C=O) groups excluding carboxylic acids is 1. The van der Waals surface area contributed by atoms with Crippen molar-refractivity contribution in [3.63, 3.8) is 0 Å².